The van der Waals surface area contributed by atoms with Gasteiger partial charge in [-0.1, -0.05) is 6.92 Å². The molecule has 1 rings (SSSR count). The minimum absolute atomic E-state index is 0.0631. The van der Waals surface area contributed by atoms with Crippen molar-refractivity contribution in [3.05, 3.63) is 16.1 Å². The Balaban J connectivity index is 2.41. The van der Waals surface area contributed by atoms with Crippen molar-refractivity contribution in [2.24, 2.45) is 5.73 Å². The molecule has 0 bridgehead atoms. The molecule has 0 radical (unpaired) electrons. The highest BCUT2D eigenvalue weighted by molar-refractivity contribution is 7.11. The second-order valence-electron chi connectivity index (χ2n) is 3.79. The molecule has 1 atom stereocenters. The zero-order valence-corrected chi connectivity index (χ0v) is 11.3. The van der Waals surface area contributed by atoms with Crippen LogP contribution in [0.1, 0.15) is 29.8 Å². The van der Waals surface area contributed by atoms with Crippen LogP contribution in [0.15, 0.2) is 6.20 Å². The maximum Gasteiger partial charge on any atom is 0.239 e. The van der Waals surface area contributed by atoms with E-state index in [1.54, 1.807) is 11.3 Å². The summed E-state index contributed by atoms with van der Waals surface area (Å²) in [4.78, 5) is 27.9. The molecule has 6 nitrogen and oxygen atoms in total. The lowest BCUT2D eigenvalue weighted by molar-refractivity contribution is -0.125. The van der Waals surface area contributed by atoms with Gasteiger partial charge in [0, 0.05) is 11.1 Å². The van der Waals surface area contributed by atoms with Crippen LogP contribution in [0, 0.1) is 0 Å². The standard InChI is InChI=1S/C11H18N4O2S/c1-3-8-5-14-11(18-8)7(2)15-10(17)6-13-9(16)4-12/h5,7H,3-4,6,12H2,1-2H3,(H,13,16)(H,15,17). The van der Waals surface area contributed by atoms with Crippen molar-refractivity contribution in [3.8, 4) is 0 Å². The molecule has 0 aliphatic heterocycles. The van der Waals surface area contributed by atoms with Crippen LogP contribution >= 0.6 is 11.3 Å². The van der Waals surface area contributed by atoms with Gasteiger partial charge in [0.05, 0.1) is 19.1 Å². The van der Waals surface area contributed by atoms with Gasteiger partial charge in [-0.2, -0.15) is 0 Å². The third kappa shape index (κ3) is 4.42. The summed E-state index contributed by atoms with van der Waals surface area (Å²) in [6.07, 6.45) is 2.75. The van der Waals surface area contributed by atoms with Gasteiger partial charge in [0.1, 0.15) is 5.01 Å². The highest BCUT2D eigenvalue weighted by atomic mass is 32.1. The summed E-state index contributed by atoms with van der Waals surface area (Å²) in [5.41, 5.74) is 5.12. The molecule has 0 saturated heterocycles. The molecule has 1 aromatic rings. The van der Waals surface area contributed by atoms with Crippen LogP contribution in [0.5, 0.6) is 0 Å². The molecule has 1 aromatic heterocycles. The summed E-state index contributed by atoms with van der Waals surface area (Å²) >= 11 is 1.58. The molecule has 1 unspecified atom stereocenters. The fourth-order valence-electron chi connectivity index (χ4n) is 1.29. The number of rotatable bonds is 6. The molecule has 18 heavy (non-hydrogen) atoms. The molecule has 1 heterocycles. The van der Waals surface area contributed by atoms with E-state index in [1.165, 1.54) is 4.88 Å². The lowest BCUT2D eigenvalue weighted by Crippen LogP contribution is -2.40. The number of carbonyl (C=O) groups is 2. The van der Waals surface area contributed by atoms with Crippen molar-refractivity contribution in [3.63, 3.8) is 0 Å². The number of hydrogen-bond acceptors (Lipinski definition) is 5. The predicted molar refractivity (Wildman–Crippen MR) is 70.1 cm³/mol. The monoisotopic (exact) mass is 270 g/mol. The molecule has 2 amide bonds. The summed E-state index contributed by atoms with van der Waals surface area (Å²) in [6.45, 7) is 3.74. The molecular weight excluding hydrogens is 252 g/mol. The van der Waals surface area contributed by atoms with Gasteiger partial charge in [-0.25, -0.2) is 4.98 Å². The quantitative estimate of drug-likeness (QED) is 0.675. The topological polar surface area (TPSA) is 97.1 Å². The van der Waals surface area contributed by atoms with Gasteiger partial charge >= 0.3 is 0 Å². The Bertz CT molecular complexity index is 419. The van der Waals surface area contributed by atoms with Crippen LogP contribution in [-0.2, 0) is 16.0 Å². The molecule has 0 fully saturated rings. The normalized spacial score (nSPS) is 11.9. The van der Waals surface area contributed by atoms with Gasteiger partial charge < -0.3 is 16.4 Å². The zero-order chi connectivity index (χ0) is 13.5. The van der Waals surface area contributed by atoms with Gasteiger partial charge in [-0.3, -0.25) is 9.59 Å². The lowest BCUT2D eigenvalue weighted by atomic mass is 10.3. The molecule has 0 aliphatic carbocycles. The summed E-state index contributed by atoms with van der Waals surface area (Å²) < 4.78 is 0. The van der Waals surface area contributed by atoms with E-state index in [1.807, 2.05) is 13.1 Å². The highest BCUT2D eigenvalue weighted by Crippen LogP contribution is 2.19. The maximum absolute atomic E-state index is 11.5. The number of thiazole rings is 1. The summed E-state index contributed by atoms with van der Waals surface area (Å²) in [6, 6.07) is -0.155. The number of hydrogen-bond donors (Lipinski definition) is 3. The Hall–Kier alpha value is -1.47. The number of nitrogens with two attached hydrogens (primary N) is 1. The van der Waals surface area contributed by atoms with Crippen molar-refractivity contribution in [2.45, 2.75) is 26.3 Å². The SMILES string of the molecule is CCc1cnc(C(C)NC(=O)CNC(=O)CN)s1. The Kier molecular flexibility index (Phi) is 5.73. The molecule has 7 heteroatoms. The van der Waals surface area contributed by atoms with E-state index >= 15 is 0 Å². The number of aryl methyl sites for hydroxylation is 1. The first-order valence-corrected chi connectivity index (χ1v) is 6.59. The van der Waals surface area contributed by atoms with Crippen molar-refractivity contribution in [2.75, 3.05) is 13.1 Å². The molecule has 0 aromatic carbocycles. The average molecular weight is 270 g/mol. The first-order valence-electron chi connectivity index (χ1n) is 5.77. The average Bonchev–Trinajstić information content (AvgIpc) is 2.84. The largest absolute Gasteiger partial charge is 0.346 e. The minimum Gasteiger partial charge on any atom is -0.346 e. The van der Waals surface area contributed by atoms with E-state index in [0.29, 0.717) is 0 Å². The highest BCUT2D eigenvalue weighted by Gasteiger charge is 2.13. The summed E-state index contributed by atoms with van der Waals surface area (Å²) in [5, 5.41) is 6.04. The third-order valence-corrected chi connectivity index (χ3v) is 3.62. The van der Waals surface area contributed by atoms with Crippen molar-refractivity contribution >= 4 is 23.2 Å². The number of nitrogens with one attached hydrogen (secondary N) is 2. The molecular formula is C11H18N4O2S. The first-order chi connectivity index (χ1) is 8.56. The van der Waals surface area contributed by atoms with Gasteiger partial charge in [-0.15, -0.1) is 11.3 Å². The van der Waals surface area contributed by atoms with Gasteiger partial charge in [0.15, 0.2) is 0 Å². The predicted octanol–water partition coefficient (Wildman–Crippen LogP) is -0.0424. The Labute approximate surface area is 110 Å². The summed E-state index contributed by atoms with van der Waals surface area (Å²) in [5.74, 6) is -0.599. The maximum atomic E-state index is 11.5. The number of amides is 2. The zero-order valence-electron chi connectivity index (χ0n) is 10.5. The second-order valence-corrected chi connectivity index (χ2v) is 4.94. The van der Waals surface area contributed by atoms with Gasteiger partial charge in [0.2, 0.25) is 11.8 Å². The van der Waals surface area contributed by atoms with Gasteiger partial charge in [0.25, 0.3) is 0 Å². The van der Waals surface area contributed by atoms with Crippen molar-refractivity contribution < 1.29 is 9.59 Å². The van der Waals surface area contributed by atoms with Crippen LogP contribution < -0.4 is 16.4 Å². The van der Waals surface area contributed by atoms with Crippen LogP contribution in [0.2, 0.25) is 0 Å². The molecule has 100 valence electrons. The molecule has 0 aliphatic rings. The summed E-state index contributed by atoms with van der Waals surface area (Å²) in [7, 11) is 0. The number of aromatic nitrogens is 1. The van der Waals surface area contributed by atoms with Crippen molar-refractivity contribution in [1.82, 2.24) is 15.6 Å². The van der Waals surface area contributed by atoms with Crippen LogP contribution in [0.4, 0.5) is 0 Å². The Morgan fingerprint density at radius 2 is 2.22 bits per heavy atom. The van der Waals surface area contributed by atoms with Crippen molar-refractivity contribution in [1.29, 1.82) is 0 Å². The fourth-order valence-corrected chi connectivity index (χ4v) is 2.15. The smallest absolute Gasteiger partial charge is 0.239 e. The van der Waals surface area contributed by atoms with Gasteiger partial charge in [-0.05, 0) is 13.3 Å². The van der Waals surface area contributed by atoms with Crippen LogP contribution in [0.3, 0.4) is 0 Å². The van der Waals surface area contributed by atoms with E-state index in [0.717, 1.165) is 11.4 Å². The molecule has 0 saturated carbocycles. The molecule has 0 spiro atoms. The number of carbonyl (C=O) groups excluding carboxylic acids is 2. The van der Waals surface area contributed by atoms with Crippen LogP contribution in [0.25, 0.3) is 0 Å². The van der Waals surface area contributed by atoms with E-state index in [-0.39, 0.29) is 30.9 Å². The number of nitrogens with zero attached hydrogens (tertiary/aromatic N) is 1. The van der Waals surface area contributed by atoms with E-state index < -0.39 is 0 Å². The fraction of sp³-hybridized carbons (Fsp3) is 0.545. The second kappa shape index (κ2) is 7.07. The van der Waals surface area contributed by atoms with E-state index in [9.17, 15) is 9.59 Å². The lowest BCUT2D eigenvalue weighted by Gasteiger charge is -2.11. The first kappa shape index (κ1) is 14.6. The van der Waals surface area contributed by atoms with E-state index in [4.69, 9.17) is 5.73 Å². The Morgan fingerprint density at radius 3 is 2.78 bits per heavy atom. The minimum atomic E-state index is -0.347. The molecule has 4 N–H and O–H groups in total. The van der Waals surface area contributed by atoms with Crippen LogP contribution in [-0.4, -0.2) is 29.9 Å². The van der Waals surface area contributed by atoms with E-state index in [2.05, 4.69) is 22.5 Å². The third-order valence-electron chi connectivity index (χ3n) is 2.30. The Morgan fingerprint density at radius 1 is 1.50 bits per heavy atom.